The van der Waals surface area contributed by atoms with Gasteiger partial charge in [-0.3, -0.25) is 0 Å². The lowest BCUT2D eigenvalue weighted by atomic mass is 9.89. The van der Waals surface area contributed by atoms with Crippen molar-refractivity contribution in [1.82, 2.24) is 0 Å². The second kappa shape index (κ2) is 3.72. The summed E-state index contributed by atoms with van der Waals surface area (Å²) >= 11 is 0. The summed E-state index contributed by atoms with van der Waals surface area (Å²) in [5, 5.41) is 10.1. The molecule has 0 aliphatic heterocycles. The van der Waals surface area contributed by atoms with E-state index < -0.39 is 5.60 Å². The molecule has 65 valence electrons. The SMILES string of the molecule is CCC(O)(CC)c1[c]cccc1. The van der Waals surface area contributed by atoms with Crippen LogP contribution >= 0.6 is 0 Å². The molecule has 12 heavy (non-hydrogen) atoms. The number of hydrogen-bond donors (Lipinski definition) is 1. The minimum Gasteiger partial charge on any atom is -0.385 e. The van der Waals surface area contributed by atoms with Crippen molar-refractivity contribution >= 4 is 0 Å². The molecule has 0 aromatic heterocycles. The Bertz CT molecular complexity index is 224. The third kappa shape index (κ3) is 1.67. The van der Waals surface area contributed by atoms with E-state index in [0.29, 0.717) is 0 Å². The van der Waals surface area contributed by atoms with Crippen molar-refractivity contribution in [1.29, 1.82) is 0 Å². The maximum Gasteiger partial charge on any atom is 0.0897 e. The molecule has 1 rings (SSSR count). The molecule has 1 aromatic rings. The van der Waals surface area contributed by atoms with Crippen LogP contribution in [0.15, 0.2) is 24.3 Å². The van der Waals surface area contributed by atoms with Crippen molar-refractivity contribution in [3.8, 4) is 0 Å². The molecule has 0 saturated heterocycles. The summed E-state index contributed by atoms with van der Waals surface area (Å²) in [6.45, 7) is 3.98. The van der Waals surface area contributed by atoms with Crippen LogP contribution in [-0.4, -0.2) is 5.11 Å². The zero-order chi connectivity index (χ0) is 9.03. The van der Waals surface area contributed by atoms with Crippen molar-refractivity contribution in [3.63, 3.8) is 0 Å². The molecule has 0 spiro atoms. The first-order valence-corrected chi connectivity index (χ1v) is 4.42. The smallest absolute Gasteiger partial charge is 0.0897 e. The lowest BCUT2D eigenvalue weighted by molar-refractivity contribution is 0.0281. The second-order valence-corrected chi connectivity index (χ2v) is 3.01. The first kappa shape index (κ1) is 9.27. The first-order chi connectivity index (χ1) is 5.73. The maximum atomic E-state index is 10.1. The van der Waals surface area contributed by atoms with E-state index >= 15 is 0 Å². The predicted octanol–water partition coefficient (Wildman–Crippen LogP) is 2.49. The van der Waals surface area contributed by atoms with Gasteiger partial charge in [0, 0.05) is 0 Å². The molecule has 1 aromatic carbocycles. The molecule has 1 heteroatoms. The highest BCUT2D eigenvalue weighted by Gasteiger charge is 2.23. The van der Waals surface area contributed by atoms with Gasteiger partial charge in [0.05, 0.1) is 5.60 Å². The lowest BCUT2D eigenvalue weighted by Gasteiger charge is -2.25. The molecule has 0 aliphatic carbocycles. The van der Waals surface area contributed by atoms with Gasteiger partial charge in [0.15, 0.2) is 0 Å². The Hall–Kier alpha value is -0.820. The Morgan fingerprint density at radius 2 is 2.00 bits per heavy atom. The van der Waals surface area contributed by atoms with Gasteiger partial charge in [0.1, 0.15) is 0 Å². The van der Waals surface area contributed by atoms with Gasteiger partial charge in [-0.05, 0) is 24.5 Å². The topological polar surface area (TPSA) is 20.2 Å². The molecule has 0 saturated carbocycles. The first-order valence-electron chi connectivity index (χ1n) is 4.42. The monoisotopic (exact) mass is 163 g/mol. The predicted molar refractivity (Wildman–Crippen MR) is 49.8 cm³/mol. The fraction of sp³-hybridized carbons (Fsp3) is 0.455. The van der Waals surface area contributed by atoms with E-state index in [2.05, 4.69) is 6.07 Å². The van der Waals surface area contributed by atoms with Gasteiger partial charge in [-0.25, -0.2) is 0 Å². The van der Waals surface area contributed by atoms with Crippen molar-refractivity contribution in [2.45, 2.75) is 32.3 Å². The molecule has 1 nitrogen and oxygen atoms in total. The Morgan fingerprint density at radius 1 is 1.33 bits per heavy atom. The van der Waals surface area contributed by atoms with E-state index in [-0.39, 0.29) is 0 Å². The third-order valence-corrected chi connectivity index (χ3v) is 2.38. The summed E-state index contributed by atoms with van der Waals surface area (Å²) in [6, 6.07) is 10.7. The minimum absolute atomic E-state index is 0.679. The summed E-state index contributed by atoms with van der Waals surface area (Å²) in [6.07, 6.45) is 1.48. The molecule has 0 heterocycles. The zero-order valence-corrected chi connectivity index (χ0v) is 7.67. The molecule has 0 atom stereocenters. The molecule has 0 aliphatic rings. The van der Waals surface area contributed by atoms with Crippen molar-refractivity contribution in [2.24, 2.45) is 0 Å². The molecule has 0 bridgehead atoms. The van der Waals surface area contributed by atoms with Crippen LogP contribution in [0.25, 0.3) is 0 Å². The minimum atomic E-state index is -0.679. The van der Waals surface area contributed by atoms with Crippen LogP contribution < -0.4 is 0 Å². The Morgan fingerprint density at radius 3 is 2.42 bits per heavy atom. The van der Waals surface area contributed by atoms with Crippen LogP contribution in [0.5, 0.6) is 0 Å². The van der Waals surface area contributed by atoms with Crippen molar-refractivity contribution in [2.75, 3.05) is 0 Å². The quantitative estimate of drug-likeness (QED) is 0.725. The van der Waals surface area contributed by atoms with Crippen molar-refractivity contribution in [3.05, 3.63) is 35.9 Å². The molecule has 1 radical (unpaired) electrons. The molecule has 1 N–H and O–H groups in total. The van der Waals surface area contributed by atoms with E-state index in [1.54, 1.807) is 0 Å². The fourth-order valence-electron chi connectivity index (χ4n) is 1.31. The Labute approximate surface area is 74.1 Å². The standard InChI is InChI=1S/C11H15O/c1-3-11(12,4-2)10-8-6-5-7-9-10/h5-8,12H,3-4H2,1-2H3. The van der Waals surface area contributed by atoms with Crippen LogP contribution in [-0.2, 0) is 5.60 Å². The van der Waals surface area contributed by atoms with Gasteiger partial charge in [-0.1, -0.05) is 38.1 Å². The van der Waals surface area contributed by atoms with Gasteiger partial charge >= 0.3 is 0 Å². The number of rotatable bonds is 3. The van der Waals surface area contributed by atoms with Gasteiger partial charge in [-0.2, -0.15) is 0 Å². The lowest BCUT2D eigenvalue weighted by Crippen LogP contribution is -2.23. The van der Waals surface area contributed by atoms with Crippen LogP contribution in [0.3, 0.4) is 0 Å². The molecular weight excluding hydrogens is 148 g/mol. The third-order valence-electron chi connectivity index (χ3n) is 2.38. The normalized spacial score (nSPS) is 11.6. The van der Waals surface area contributed by atoms with E-state index in [4.69, 9.17) is 0 Å². The van der Waals surface area contributed by atoms with Gasteiger partial charge in [0.25, 0.3) is 0 Å². The molecule has 0 unspecified atom stereocenters. The summed E-state index contributed by atoms with van der Waals surface area (Å²) in [5.41, 5.74) is 0.219. The van der Waals surface area contributed by atoms with Crippen LogP contribution in [0.1, 0.15) is 32.3 Å². The highest BCUT2D eigenvalue weighted by molar-refractivity contribution is 5.20. The summed E-state index contributed by atoms with van der Waals surface area (Å²) in [4.78, 5) is 0. The summed E-state index contributed by atoms with van der Waals surface area (Å²) in [7, 11) is 0. The van der Waals surface area contributed by atoms with Crippen LogP contribution in [0.4, 0.5) is 0 Å². The molecule has 0 fully saturated rings. The average Bonchev–Trinajstić information content (AvgIpc) is 2.18. The summed E-state index contributed by atoms with van der Waals surface area (Å²) in [5.74, 6) is 0. The van der Waals surface area contributed by atoms with E-state index in [1.165, 1.54) is 0 Å². The van der Waals surface area contributed by atoms with E-state index in [0.717, 1.165) is 18.4 Å². The number of aliphatic hydroxyl groups is 1. The fourth-order valence-corrected chi connectivity index (χ4v) is 1.31. The van der Waals surface area contributed by atoms with E-state index in [9.17, 15) is 5.11 Å². The van der Waals surface area contributed by atoms with Crippen molar-refractivity contribution < 1.29 is 5.11 Å². The average molecular weight is 163 g/mol. The Balaban J connectivity index is 2.95. The Kier molecular flexibility index (Phi) is 2.88. The van der Waals surface area contributed by atoms with Gasteiger partial charge in [0.2, 0.25) is 0 Å². The highest BCUT2D eigenvalue weighted by atomic mass is 16.3. The molecule has 0 amide bonds. The van der Waals surface area contributed by atoms with Crippen LogP contribution in [0, 0.1) is 6.07 Å². The van der Waals surface area contributed by atoms with Gasteiger partial charge < -0.3 is 5.11 Å². The highest BCUT2D eigenvalue weighted by Crippen LogP contribution is 2.27. The van der Waals surface area contributed by atoms with Crippen LogP contribution in [0.2, 0.25) is 0 Å². The van der Waals surface area contributed by atoms with Gasteiger partial charge in [-0.15, -0.1) is 0 Å². The number of hydrogen-bond acceptors (Lipinski definition) is 1. The summed E-state index contributed by atoms with van der Waals surface area (Å²) < 4.78 is 0. The largest absolute Gasteiger partial charge is 0.385 e. The molecular formula is C11H15O. The maximum absolute atomic E-state index is 10.1. The second-order valence-electron chi connectivity index (χ2n) is 3.01. The van der Waals surface area contributed by atoms with E-state index in [1.807, 2.05) is 38.1 Å². The zero-order valence-electron chi connectivity index (χ0n) is 7.67. The number of benzene rings is 1.